The van der Waals surface area contributed by atoms with Gasteiger partial charge in [-0.05, 0) is 34.1 Å². The van der Waals surface area contributed by atoms with Gasteiger partial charge in [0.25, 0.3) is 9.05 Å². The molecule has 21 heavy (non-hydrogen) atoms. The monoisotopic (exact) mass is 409 g/mol. The molecular weight excluding hydrogens is 403 g/mol. The van der Waals surface area contributed by atoms with Gasteiger partial charge in [0.05, 0.1) is 10.6 Å². The van der Waals surface area contributed by atoms with Gasteiger partial charge in [-0.1, -0.05) is 0 Å². The Bertz CT molecular complexity index is 636. The van der Waals surface area contributed by atoms with Crippen LogP contribution < -0.4 is 5.32 Å². The van der Waals surface area contributed by atoms with E-state index in [-0.39, 0.29) is 15.1 Å². The van der Waals surface area contributed by atoms with Crippen molar-refractivity contribution < 1.29 is 31.1 Å². The molecule has 0 fully saturated rings. The summed E-state index contributed by atoms with van der Waals surface area (Å²) in [6.45, 7) is -2.33. The van der Waals surface area contributed by atoms with Crippen LogP contribution in [0, 0.1) is 0 Å². The summed E-state index contributed by atoms with van der Waals surface area (Å²) in [6.07, 6.45) is -4.52. The van der Waals surface area contributed by atoms with Crippen molar-refractivity contribution in [1.82, 2.24) is 0 Å². The van der Waals surface area contributed by atoms with Crippen molar-refractivity contribution in [2.75, 3.05) is 18.5 Å². The zero-order valence-electron chi connectivity index (χ0n) is 10.1. The van der Waals surface area contributed by atoms with Crippen molar-refractivity contribution in [2.24, 2.45) is 0 Å². The van der Waals surface area contributed by atoms with E-state index >= 15 is 0 Å². The lowest BCUT2D eigenvalue weighted by atomic mass is 10.3. The number of benzene rings is 1. The molecule has 0 aliphatic carbocycles. The third-order valence-corrected chi connectivity index (χ3v) is 4.00. The minimum absolute atomic E-state index is 0.166. The van der Waals surface area contributed by atoms with Gasteiger partial charge in [0.1, 0.15) is 13.2 Å². The minimum Gasteiger partial charge on any atom is -0.362 e. The van der Waals surface area contributed by atoms with Crippen LogP contribution in [0.25, 0.3) is 0 Å². The topological polar surface area (TPSA) is 72.5 Å². The van der Waals surface area contributed by atoms with E-state index in [1.807, 2.05) is 0 Å². The van der Waals surface area contributed by atoms with E-state index in [1.165, 1.54) is 6.07 Å². The second-order valence-electron chi connectivity index (χ2n) is 3.74. The third-order valence-electron chi connectivity index (χ3n) is 2.00. The number of carbonyl (C=O) groups is 1. The van der Waals surface area contributed by atoms with Crippen molar-refractivity contribution in [2.45, 2.75) is 11.1 Å². The standard InChI is InChI=1S/C10H8BrClF3NO4S/c11-7-3-6(21(12,18)19)1-2-8(7)16-9(17)4-20-5-10(13,14)15/h1-3H,4-5H2,(H,16,17). The fourth-order valence-electron chi connectivity index (χ4n) is 1.19. The molecule has 0 spiro atoms. The predicted molar refractivity (Wildman–Crippen MR) is 72.7 cm³/mol. The van der Waals surface area contributed by atoms with Crippen molar-refractivity contribution in [3.05, 3.63) is 22.7 Å². The Morgan fingerprint density at radius 3 is 2.48 bits per heavy atom. The number of hydrogen-bond donors (Lipinski definition) is 1. The molecule has 0 aromatic heterocycles. The van der Waals surface area contributed by atoms with Gasteiger partial charge < -0.3 is 10.1 Å². The molecule has 5 nitrogen and oxygen atoms in total. The third kappa shape index (κ3) is 6.64. The summed E-state index contributed by atoms with van der Waals surface area (Å²) < 4.78 is 62.0. The SMILES string of the molecule is O=C(COCC(F)(F)F)Nc1ccc(S(=O)(=O)Cl)cc1Br. The molecule has 0 unspecified atom stereocenters. The highest BCUT2D eigenvalue weighted by Crippen LogP contribution is 2.27. The van der Waals surface area contributed by atoms with Crippen LogP contribution in [-0.2, 0) is 18.6 Å². The highest BCUT2D eigenvalue weighted by atomic mass is 79.9. The van der Waals surface area contributed by atoms with Gasteiger partial charge in [0.2, 0.25) is 5.91 Å². The molecule has 11 heteroatoms. The second kappa shape index (κ2) is 6.95. The van der Waals surface area contributed by atoms with E-state index in [0.717, 1.165) is 12.1 Å². The molecule has 0 atom stereocenters. The molecule has 1 aromatic rings. The molecule has 1 rings (SSSR count). The molecule has 1 aromatic carbocycles. The highest BCUT2D eigenvalue weighted by molar-refractivity contribution is 9.10. The van der Waals surface area contributed by atoms with Crippen LogP contribution in [0.2, 0.25) is 0 Å². The van der Waals surface area contributed by atoms with Gasteiger partial charge in [-0.2, -0.15) is 13.2 Å². The van der Waals surface area contributed by atoms with Crippen LogP contribution >= 0.6 is 26.6 Å². The number of anilines is 1. The Morgan fingerprint density at radius 2 is 2.00 bits per heavy atom. The number of ether oxygens (including phenoxy) is 1. The summed E-state index contributed by atoms with van der Waals surface area (Å²) in [5.74, 6) is -0.818. The predicted octanol–water partition coefficient (Wildman–Crippen LogP) is 2.89. The van der Waals surface area contributed by atoms with E-state index in [1.54, 1.807) is 0 Å². The lowest BCUT2D eigenvalue weighted by Gasteiger charge is -2.10. The molecule has 0 bridgehead atoms. The van der Waals surface area contributed by atoms with Gasteiger partial charge >= 0.3 is 6.18 Å². The van der Waals surface area contributed by atoms with Gasteiger partial charge in [-0.3, -0.25) is 4.79 Å². The molecule has 1 N–H and O–H groups in total. The Morgan fingerprint density at radius 1 is 1.38 bits per heavy atom. The van der Waals surface area contributed by atoms with Gasteiger partial charge in [0, 0.05) is 15.2 Å². The smallest absolute Gasteiger partial charge is 0.362 e. The van der Waals surface area contributed by atoms with E-state index < -0.39 is 34.3 Å². The maximum Gasteiger partial charge on any atom is 0.411 e. The molecule has 0 heterocycles. The Balaban J connectivity index is 2.65. The minimum atomic E-state index is -4.52. The lowest BCUT2D eigenvalue weighted by Crippen LogP contribution is -2.24. The molecule has 0 aliphatic rings. The number of halogens is 5. The van der Waals surface area contributed by atoms with Gasteiger partial charge in [0.15, 0.2) is 0 Å². The number of alkyl halides is 3. The second-order valence-corrected chi connectivity index (χ2v) is 7.16. The summed E-state index contributed by atoms with van der Waals surface area (Å²) in [6, 6.07) is 3.52. The molecule has 0 saturated heterocycles. The van der Waals surface area contributed by atoms with Crippen LogP contribution in [0.1, 0.15) is 0 Å². The lowest BCUT2D eigenvalue weighted by molar-refractivity contribution is -0.174. The summed E-state index contributed by atoms with van der Waals surface area (Å²) in [4.78, 5) is 11.2. The van der Waals surface area contributed by atoms with Crippen molar-refractivity contribution in [1.29, 1.82) is 0 Å². The van der Waals surface area contributed by atoms with Crippen LogP contribution in [0.15, 0.2) is 27.6 Å². The first-order valence-corrected chi connectivity index (χ1v) is 8.28. The van der Waals surface area contributed by atoms with Crippen molar-refractivity contribution in [3.8, 4) is 0 Å². The zero-order chi connectivity index (χ0) is 16.3. The first-order chi connectivity index (χ1) is 9.49. The molecule has 118 valence electrons. The summed E-state index contributed by atoms with van der Waals surface area (Å²) >= 11 is 3.01. The van der Waals surface area contributed by atoms with Crippen LogP contribution in [0.4, 0.5) is 18.9 Å². The maximum absolute atomic E-state index is 11.8. The Hall–Kier alpha value is -0.840. The summed E-state index contributed by atoms with van der Waals surface area (Å²) in [7, 11) is 1.22. The average Bonchev–Trinajstić information content (AvgIpc) is 2.28. The van der Waals surface area contributed by atoms with Crippen molar-refractivity contribution in [3.63, 3.8) is 0 Å². The fourth-order valence-corrected chi connectivity index (χ4v) is 2.60. The number of hydrogen-bond acceptors (Lipinski definition) is 4. The van der Waals surface area contributed by atoms with E-state index in [9.17, 15) is 26.4 Å². The fraction of sp³-hybridized carbons (Fsp3) is 0.300. The molecule has 0 saturated carbocycles. The van der Waals surface area contributed by atoms with Crippen molar-refractivity contribution >= 4 is 47.3 Å². The molecule has 0 aliphatic heterocycles. The molecule has 1 amide bonds. The van der Waals surface area contributed by atoms with Gasteiger partial charge in [-0.25, -0.2) is 8.42 Å². The van der Waals surface area contributed by atoms with E-state index in [4.69, 9.17) is 10.7 Å². The van der Waals surface area contributed by atoms with Crippen LogP contribution in [0.3, 0.4) is 0 Å². The largest absolute Gasteiger partial charge is 0.411 e. The normalized spacial score (nSPS) is 12.2. The zero-order valence-corrected chi connectivity index (χ0v) is 13.2. The molecule has 0 radical (unpaired) electrons. The summed E-state index contributed by atoms with van der Waals surface area (Å²) in [5, 5.41) is 2.26. The maximum atomic E-state index is 11.8. The average molecular weight is 411 g/mol. The first-order valence-electron chi connectivity index (χ1n) is 5.17. The number of rotatable bonds is 5. The van der Waals surface area contributed by atoms with E-state index in [0.29, 0.717) is 0 Å². The van der Waals surface area contributed by atoms with E-state index in [2.05, 4.69) is 26.0 Å². The number of carbonyl (C=O) groups excluding carboxylic acids is 1. The van der Waals surface area contributed by atoms with Gasteiger partial charge in [-0.15, -0.1) is 0 Å². The van der Waals surface area contributed by atoms with Crippen LogP contribution in [-0.4, -0.2) is 33.7 Å². The molecular formula is C10H8BrClF3NO4S. The highest BCUT2D eigenvalue weighted by Gasteiger charge is 2.27. The van der Waals surface area contributed by atoms with Crippen LogP contribution in [0.5, 0.6) is 0 Å². The Kier molecular flexibility index (Phi) is 6.02. The first kappa shape index (κ1) is 18.2. The summed E-state index contributed by atoms with van der Waals surface area (Å²) in [5.41, 5.74) is 0.166. The quantitative estimate of drug-likeness (QED) is 0.758. The Labute approximate surface area is 131 Å². The number of amides is 1. The number of nitrogens with one attached hydrogen (secondary N) is 1.